The molecule has 30 nitrogen and oxygen atoms in total. The maximum absolute atomic E-state index is 14.7. The summed E-state index contributed by atoms with van der Waals surface area (Å²) in [6.45, 7) is -3.05. The van der Waals surface area contributed by atoms with Gasteiger partial charge in [0.25, 0.3) is 0 Å². The summed E-state index contributed by atoms with van der Waals surface area (Å²) < 4.78 is 34.1. The van der Waals surface area contributed by atoms with Crippen molar-refractivity contribution in [3.05, 3.63) is 215 Å². The van der Waals surface area contributed by atoms with E-state index in [1.54, 1.807) is 84.9 Å². The van der Waals surface area contributed by atoms with Gasteiger partial charge in [-0.1, -0.05) is 182 Å². The SMILES string of the molecule is O=C(NC(Cc1ccccc1)C(=O)O)OC[C@H](OC(=O)NC(Cc1ccccc1)C(=O)O)[C@H](OC(=O)NC(Cc1ccccc1)C(=O)O)[C@H](OC(=O)NC(Cc1ccccc1)C(=O)O)[C@@H](COC(=O)NC(Cc1ccccc1)C(=O)O)OC(=O)NC(Cc1ccccc1)C(=O)O. The van der Waals surface area contributed by atoms with Crippen LogP contribution in [0.4, 0.5) is 28.8 Å². The molecular weight excluding hydrogens is 1260 g/mol. The number of carboxylic acid groups (broad SMARTS) is 6. The third-order valence-electron chi connectivity index (χ3n) is 14.1. The number of aliphatic carboxylic acids is 6. The van der Waals surface area contributed by atoms with E-state index in [0.717, 1.165) is 0 Å². The largest absolute Gasteiger partial charge is 0.480 e. The van der Waals surface area contributed by atoms with Crippen molar-refractivity contribution in [1.82, 2.24) is 31.9 Å². The number of amides is 6. The van der Waals surface area contributed by atoms with Crippen LogP contribution >= 0.6 is 0 Å². The van der Waals surface area contributed by atoms with Gasteiger partial charge in [-0.3, -0.25) is 0 Å². The number of carboxylic acids is 6. The highest BCUT2D eigenvalue weighted by atomic mass is 16.7. The molecule has 0 saturated carbocycles. The first-order valence-corrected chi connectivity index (χ1v) is 29.4. The average molecular weight is 1330 g/mol. The first-order valence-electron chi connectivity index (χ1n) is 29.4. The minimum absolute atomic E-state index is 0.312. The summed E-state index contributed by atoms with van der Waals surface area (Å²) in [5.41, 5.74) is 2.08. The second kappa shape index (κ2) is 37.3. The first-order chi connectivity index (χ1) is 46.0. The lowest BCUT2D eigenvalue weighted by Gasteiger charge is -2.36. The van der Waals surface area contributed by atoms with Crippen molar-refractivity contribution in [2.75, 3.05) is 13.2 Å². The van der Waals surface area contributed by atoms with Crippen LogP contribution in [0.15, 0.2) is 182 Å². The molecule has 0 fully saturated rings. The van der Waals surface area contributed by atoms with Crippen LogP contribution in [0, 0.1) is 0 Å². The highest BCUT2D eigenvalue weighted by Gasteiger charge is 2.47. The molecule has 30 heteroatoms. The van der Waals surface area contributed by atoms with E-state index in [1.807, 2.05) is 0 Å². The van der Waals surface area contributed by atoms with Gasteiger partial charge >= 0.3 is 72.4 Å². The molecule has 0 aromatic heterocycles. The minimum Gasteiger partial charge on any atom is -0.480 e. The highest BCUT2D eigenvalue weighted by molar-refractivity contribution is 5.84. The van der Waals surface area contributed by atoms with E-state index in [2.05, 4.69) is 31.9 Å². The molecule has 0 saturated heterocycles. The molecule has 0 aliphatic carbocycles. The normalized spacial score (nSPS) is 13.9. The predicted molar refractivity (Wildman–Crippen MR) is 332 cm³/mol. The summed E-state index contributed by atoms with van der Waals surface area (Å²) in [5.74, 6) is -10.00. The van der Waals surface area contributed by atoms with Gasteiger partial charge in [0.2, 0.25) is 0 Å². The van der Waals surface area contributed by atoms with E-state index in [4.69, 9.17) is 28.4 Å². The molecule has 10 atom stereocenters. The molecule has 12 N–H and O–H groups in total. The number of alkyl carbamates (subject to hydrolysis) is 6. The standard InChI is InChI=1S/C66H68N6O24/c73-55(74)45(31-39-19-7-1-8-20-39)67-61(85)91-37-51(93-63(87)69-47(57(77)78)33-41-23-11-3-12-24-41)53(95-65(89)71-49(59(81)82)35-43-27-15-5-16-28-43)54(96-66(90)72-50(60(83)84)36-44-29-17-6-18-30-44)52(94-64(88)70-48(58(79)80)34-42-25-13-4-14-26-42)38-92-62(86)68-46(56(75)76)32-40-21-9-2-10-22-40/h1-30,45-54H,31-38H2,(H,67,85)(H,68,86)(H,69,87)(H,70,88)(H,71,89)(H,72,90)(H,73,74)(H,75,76)(H,77,78)(H,79,80)(H,81,82)(H,83,84)/t45?,46?,47?,48?,49?,50?,51-,52+,53-,54+. The fourth-order valence-electron chi connectivity index (χ4n) is 9.31. The highest BCUT2D eigenvalue weighted by Crippen LogP contribution is 2.23. The summed E-state index contributed by atoms with van der Waals surface area (Å²) in [6.07, 6.45) is -24.2. The number of rotatable bonds is 35. The lowest BCUT2D eigenvalue weighted by Crippen LogP contribution is -2.59. The van der Waals surface area contributed by atoms with E-state index in [1.165, 1.54) is 97.1 Å². The molecule has 0 aliphatic heterocycles. The Labute approximate surface area is 546 Å². The minimum atomic E-state index is -2.86. The molecule has 0 aliphatic rings. The smallest absolute Gasteiger partial charge is 0.408 e. The van der Waals surface area contributed by atoms with Crippen LogP contribution in [0.2, 0.25) is 0 Å². The van der Waals surface area contributed by atoms with Crippen molar-refractivity contribution in [1.29, 1.82) is 0 Å². The average Bonchev–Trinajstić information content (AvgIpc) is 0.844. The fourth-order valence-corrected chi connectivity index (χ4v) is 9.31. The zero-order valence-electron chi connectivity index (χ0n) is 50.8. The van der Waals surface area contributed by atoms with E-state index in [-0.39, 0.29) is 12.8 Å². The summed E-state index contributed by atoms with van der Waals surface area (Å²) in [7, 11) is 0. The van der Waals surface area contributed by atoms with Crippen LogP contribution in [0.1, 0.15) is 33.4 Å². The van der Waals surface area contributed by atoms with Crippen molar-refractivity contribution >= 4 is 72.4 Å². The van der Waals surface area contributed by atoms with Gasteiger partial charge in [-0.2, -0.15) is 0 Å². The summed E-state index contributed by atoms with van der Waals surface area (Å²) in [6, 6.07) is 35.0. The number of carbonyl (C=O) groups excluding carboxylic acids is 6. The zero-order chi connectivity index (χ0) is 69.5. The summed E-state index contributed by atoms with van der Waals surface area (Å²) in [4.78, 5) is 163. The Morgan fingerprint density at radius 3 is 0.594 bits per heavy atom. The van der Waals surface area contributed by atoms with Gasteiger partial charge in [0, 0.05) is 38.5 Å². The molecule has 6 aromatic carbocycles. The van der Waals surface area contributed by atoms with Crippen molar-refractivity contribution in [2.24, 2.45) is 0 Å². The quantitative estimate of drug-likeness (QED) is 0.0233. The number of benzene rings is 6. The topological polar surface area (TPSA) is 454 Å². The Kier molecular flexibility index (Phi) is 28.3. The van der Waals surface area contributed by atoms with Gasteiger partial charge in [-0.05, 0) is 33.4 Å². The van der Waals surface area contributed by atoms with E-state index in [9.17, 15) is 88.2 Å². The number of ether oxygens (including phenoxy) is 6. The molecule has 0 bridgehead atoms. The number of hydrogen-bond donors (Lipinski definition) is 12. The molecule has 6 rings (SSSR count). The number of hydrogen-bond acceptors (Lipinski definition) is 18. The molecule has 0 heterocycles. The molecule has 96 heavy (non-hydrogen) atoms. The van der Waals surface area contributed by atoms with Crippen molar-refractivity contribution in [3.8, 4) is 0 Å². The lowest BCUT2D eigenvalue weighted by atomic mass is 10.0. The van der Waals surface area contributed by atoms with Crippen molar-refractivity contribution < 1.29 is 117 Å². The van der Waals surface area contributed by atoms with Crippen molar-refractivity contribution in [3.63, 3.8) is 0 Å². The Morgan fingerprint density at radius 1 is 0.250 bits per heavy atom. The maximum atomic E-state index is 14.7. The molecule has 0 spiro atoms. The summed E-state index contributed by atoms with van der Waals surface area (Å²) >= 11 is 0. The second-order valence-corrected chi connectivity index (χ2v) is 21.2. The van der Waals surface area contributed by atoms with Gasteiger partial charge in [-0.25, -0.2) is 57.5 Å². The molecular formula is C66H68N6O24. The van der Waals surface area contributed by atoms with Gasteiger partial charge in [0.15, 0.2) is 24.4 Å². The summed E-state index contributed by atoms with van der Waals surface area (Å²) in [5, 5.41) is 74.7. The van der Waals surface area contributed by atoms with Crippen LogP contribution in [-0.4, -0.2) is 177 Å². The van der Waals surface area contributed by atoms with Gasteiger partial charge < -0.3 is 91.0 Å². The molecule has 6 aromatic rings. The van der Waals surface area contributed by atoms with E-state index >= 15 is 0 Å². The zero-order valence-corrected chi connectivity index (χ0v) is 50.8. The molecule has 0 radical (unpaired) electrons. The van der Waals surface area contributed by atoms with Gasteiger partial charge in [-0.15, -0.1) is 0 Å². The van der Waals surface area contributed by atoms with Crippen LogP contribution in [0.25, 0.3) is 0 Å². The number of nitrogens with one attached hydrogen (secondary N) is 6. The Hall–Kier alpha value is -12.2. The lowest BCUT2D eigenvalue weighted by molar-refractivity contribution is -0.144. The van der Waals surface area contributed by atoms with Crippen LogP contribution in [0.3, 0.4) is 0 Å². The second-order valence-electron chi connectivity index (χ2n) is 21.2. The molecule has 6 amide bonds. The molecule has 6 unspecified atom stereocenters. The fraction of sp³-hybridized carbons (Fsp3) is 0.273. The van der Waals surface area contributed by atoms with Crippen LogP contribution in [0.5, 0.6) is 0 Å². The monoisotopic (exact) mass is 1330 g/mol. The van der Waals surface area contributed by atoms with Crippen LogP contribution < -0.4 is 31.9 Å². The third-order valence-corrected chi connectivity index (χ3v) is 14.1. The Bertz CT molecular complexity index is 3350. The van der Waals surface area contributed by atoms with E-state index in [0.29, 0.717) is 33.4 Å². The van der Waals surface area contributed by atoms with Gasteiger partial charge in [0.1, 0.15) is 49.5 Å². The first kappa shape index (κ1) is 72.8. The van der Waals surface area contributed by atoms with Crippen LogP contribution in [-0.2, 0) is 95.7 Å². The Morgan fingerprint density at radius 2 is 0.417 bits per heavy atom. The maximum Gasteiger partial charge on any atom is 0.408 e. The Balaban J connectivity index is 1.54. The van der Waals surface area contributed by atoms with E-state index < -0.39 is 172 Å². The molecule has 506 valence electrons. The van der Waals surface area contributed by atoms with Crippen molar-refractivity contribution in [2.45, 2.75) is 99.2 Å². The number of carbonyl (C=O) groups is 12. The van der Waals surface area contributed by atoms with Gasteiger partial charge in [0.05, 0.1) is 0 Å². The predicted octanol–water partition coefficient (Wildman–Crippen LogP) is 4.99. The third kappa shape index (κ3) is 25.1.